The Kier molecular flexibility index (Phi) is 7.45. The minimum Gasteiger partial charge on any atom is -0.354 e. The number of nitrogens with zero attached hydrogens (tertiary/aromatic N) is 4. The Labute approximate surface area is 204 Å². The van der Waals surface area contributed by atoms with Gasteiger partial charge in [-0.05, 0) is 49.7 Å². The number of thioether (sulfide) groups is 1. The SMILES string of the molecule is CCC(C)NC(=O)CCn1c(=O)c2ccccc2n2c(SCC(=O)Nc3ccc(F)cc3)nnc12. The van der Waals surface area contributed by atoms with Crippen molar-refractivity contribution in [2.24, 2.45) is 0 Å². The molecule has 0 bridgehead atoms. The number of carbonyl (C=O) groups excluding carboxylic acids is 2. The molecule has 0 fully saturated rings. The number of fused-ring (bicyclic) bond motifs is 3. The molecule has 0 spiro atoms. The second kappa shape index (κ2) is 10.7. The summed E-state index contributed by atoms with van der Waals surface area (Å²) in [5, 5.41) is 14.9. The molecule has 35 heavy (non-hydrogen) atoms. The zero-order chi connectivity index (χ0) is 24.9. The first-order valence-electron chi connectivity index (χ1n) is 11.2. The fourth-order valence-electron chi connectivity index (χ4n) is 3.55. The second-order valence-electron chi connectivity index (χ2n) is 8.06. The molecular weight excluding hydrogens is 471 g/mol. The summed E-state index contributed by atoms with van der Waals surface area (Å²) in [5.74, 6) is -0.501. The van der Waals surface area contributed by atoms with E-state index in [0.717, 1.165) is 18.2 Å². The number of hydrogen-bond donors (Lipinski definition) is 2. The van der Waals surface area contributed by atoms with Crippen LogP contribution in [0.5, 0.6) is 0 Å². The van der Waals surface area contributed by atoms with Gasteiger partial charge in [-0.25, -0.2) is 4.39 Å². The van der Waals surface area contributed by atoms with Gasteiger partial charge in [0.2, 0.25) is 17.6 Å². The normalized spacial score (nSPS) is 12.1. The van der Waals surface area contributed by atoms with Gasteiger partial charge in [0.05, 0.1) is 16.7 Å². The van der Waals surface area contributed by atoms with Crippen molar-refractivity contribution in [3.63, 3.8) is 0 Å². The lowest BCUT2D eigenvalue weighted by Gasteiger charge is -2.13. The van der Waals surface area contributed by atoms with E-state index in [9.17, 15) is 18.8 Å². The number of halogens is 1. The quantitative estimate of drug-likeness (QED) is 0.344. The Morgan fingerprint density at radius 3 is 2.57 bits per heavy atom. The predicted octanol–water partition coefficient (Wildman–Crippen LogP) is 3.22. The van der Waals surface area contributed by atoms with Gasteiger partial charge in [-0.3, -0.25) is 23.4 Å². The Morgan fingerprint density at radius 2 is 1.83 bits per heavy atom. The van der Waals surface area contributed by atoms with E-state index in [4.69, 9.17) is 0 Å². The summed E-state index contributed by atoms with van der Waals surface area (Å²) in [7, 11) is 0. The number of nitrogens with one attached hydrogen (secondary N) is 2. The molecule has 0 saturated carbocycles. The summed E-state index contributed by atoms with van der Waals surface area (Å²) in [6, 6.07) is 12.6. The van der Waals surface area contributed by atoms with E-state index < -0.39 is 0 Å². The van der Waals surface area contributed by atoms with Gasteiger partial charge in [-0.2, -0.15) is 0 Å². The largest absolute Gasteiger partial charge is 0.354 e. The van der Waals surface area contributed by atoms with Gasteiger partial charge < -0.3 is 10.6 Å². The molecule has 1 unspecified atom stereocenters. The Morgan fingerprint density at radius 1 is 1.09 bits per heavy atom. The topological polar surface area (TPSA) is 110 Å². The van der Waals surface area contributed by atoms with Crippen LogP contribution >= 0.6 is 11.8 Å². The highest BCUT2D eigenvalue weighted by Gasteiger charge is 2.18. The van der Waals surface area contributed by atoms with Gasteiger partial charge in [0, 0.05) is 24.7 Å². The lowest BCUT2D eigenvalue weighted by atomic mass is 10.2. The van der Waals surface area contributed by atoms with E-state index in [2.05, 4.69) is 20.8 Å². The number of anilines is 1. The molecule has 9 nitrogen and oxygen atoms in total. The molecule has 2 heterocycles. The van der Waals surface area contributed by atoms with Gasteiger partial charge in [0.15, 0.2) is 5.16 Å². The standard InChI is InChI=1S/C24H25FN6O3S/c1-3-15(2)26-20(32)12-13-30-22(34)18-6-4-5-7-19(18)31-23(30)28-29-24(31)35-14-21(33)27-17-10-8-16(25)9-11-17/h4-11,15H,3,12-14H2,1-2H3,(H,26,32)(H,27,33). The van der Waals surface area contributed by atoms with E-state index >= 15 is 0 Å². The van der Waals surface area contributed by atoms with Gasteiger partial charge in [-0.15, -0.1) is 10.2 Å². The van der Waals surface area contributed by atoms with Crippen LogP contribution < -0.4 is 16.2 Å². The predicted molar refractivity (Wildman–Crippen MR) is 133 cm³/mol. The molecule has 0 radical (unpaired) electrons. The Bertz CT molecular complexity index is 1430. The minimum absolute atomic E-state index is 0.0307. The molecule has 2 aromatic heterocycles. The molecule has 4 rings (SSSR count). The average Bonchev–Trinajstić information content (AvgIpc) is 3.28. The molecule has 2 amide bonds. The number of hydrogen-bond acceptors (Lipinski definition) is 6. The Balaban J connectivity index is 1.60. The van der Waals surface area contributed by atoms with Crippen molar-refractivity contribution in [2.75, 3.05) is 11.1 Å². The lowest BCUT2D eigenvalue weighted by molar-refractivity contribution is -0.122. The van der Waals surface area contributed by atoms with Crippen molar-refractivity contribution in [3.05, 3.63) is 64.7 Å². The first-order valence-corrected chi connectivity index (χ1v) is 12.2. The van der Waals surface area contributed by atoms with Crippen LogP contribution in [0.4, 0.5) is 10.1 Å². The molecule has 1 atom stereocenters. The fraction of sp³-hybridized carbons (Fsp3) is 0.292. The van der Waals surface area contributed by atoms with Crippen LogP contribution in [0.2, 0.25) is 0 Å². The van der Waals surface area contributed by atoms with E-state index in [0.29, 0.717) is 27.5 Å². The minimum atomic E-state index is -0.386. The van der Waals surface area contributed by atoms with Crippen LogP contribution in [0.15, 0.2) is 58.5 Å². The first kappa shape index (κ1) is 24.4. The monoisotopic (exact) mass is 496 g/mol. The zero-order valence-corrected chi connectivity index (χ0v) is 20.1. The van der Waals surface area contributed by atoms with Crippen LogP contribution in [-0.4, -0.2) is 42.8 Å². The molecule has 4 aromatic rings. The molecule has 11 heteroatoms. The highest BCUT2D eigenvalue weighted by molar-refractivity contribution is 7.99. The summed E-state index contributed by atoms with van der Waals surface area (Å²) >= 11 is 1.16. The molecule has 0 saturated heterocycles. The number of para-hydroxylation sites is 1. The van der Waals surface area contributed by atoms with Gasteiger partial charge in [-0.1, -0.05) is 30.8 Å². The average molecular weight is 497 g/mol. The zero-order valence-electron chi connectivity index (χ0n) is 19.3. The van der Waals surface area contributed by atoms with Crippen molar-refractivity contribution in [3.8, 4) is 0 Å². The molecule has 0 aliphatic carbocycles. The molecular formula is C24H25FN6O3S. The van der Waals surface area contributed by atoms with Crippen molar-refractivity contribution in [1.29, 1.82) is 0 Å². The number of rotatable bonds is 9. The third kappa shape index (κ3) is 5.51. The Hall–Kier alpha value is -3.73. The van der Waals surface area contributed by atoms with Gasteiger partial charge >= 0.3 is 0 Å². The number of amides is 2. The fourth-order valence-corrected chi connectivity index (χ4v) is 4.29. The van der Waals surface area contributed by atoms with Crippen LogP contribution in [0.1, 0.15) is 26.7 Å². The first-order chi connectivity index (χ1) is 16.9. The summed E-state index contributed by atoms with van der Waals surface area (Å²) in [5.41, 5.74) is 0.833. The van der Waals surface area contributed by atoms with E-state index in [-0.39, 0.29) is 48.0 Å². The third-order valence-corrected chi connectivity index (χ3v) is 6.45. The van der Waals surface area contributed by atoms with Crippen LogP contribution in [0, 0.1) is 5.82 Å². The lowest BCUT2D eigenvalue weighted by Crippen LogP contribution is -2.33. The van der Waals surface area contributed by atoms with Crippen molar-refractivity contribution in [1.82, 2.24) is 24.5 Å². The molecule has 0 aliphatic rings. The number of aryl methyl sites for hydroxylation is 1. The van der Waals surface area contributed by atoms with E-state index in [1.807, 2.05) is 13.8 Å². The molecule has 182 valence electrons. The van der Waals surface area contributed by atoms with Crippen LogP contribution in [-0.2, 0) is 16.1 Å². The maximum Gasteiger partial charge on any atom is 0.262 e. The second-order valence-corrected chi connectivity index (χ2v) is 9.00. The highest BCUT2D eigenvalue weighted by atomic mass is 32.2. The van der Waals surface area contributed by atoms with Gasteiger partial charge in [0.1, 0.15) is 5.82 Å². The maximum absolute atomic E-state index is 13.2. The number of benzene rings is 2. The summed E-state index contributed by atoms with van der Waals surface area (Å²) in [6.07, 6.45) is 0.930. The molecule has 2 N–H and O–H groups in total. The smallest absolute Gasteiger partial charge is 0.262 e. The van der Waals surface area contributed by atoms with Crippen LogP contribution in [0.3, 0.4) is 0 Å². The summed E-state index contributed by atoms with van der Waals surface area (Å²) in [6.45, 7) is 4.05. The van der Waals surface area contributed by atoms with Crippen molar-refractivity contribution in [2.45, 2.75) is 44.4 Å². The summed E-state index contributed by atoms with van der Waals surface area (Å²) in [4.78, 5) is 37.9. The maximum atomic E-state index is 13.2. The molecule has 0 aliphatic heterocycles. The molecule has 2 aromatic carbocycles. The van der Waals surface area contributed by atoms with Crippen molar-refractivity contribution >= 4 is 45.9 Å². The number of carbonyl (C=O) groups is 2. The van der Waals surface area contributed by atoms with Gasteiger partial charge in [0.25, 0.3) is 5.56 Å². The van der Waals surface area contributed by atoms with Crippen LogP contribution in [0.25, 0.3) is 16.7 Å². The van der Waals surface area contributed by atoms with E-state index in [1.165, 1.54) is 28.8 Å². The number of aromatic nitrogens is 4. The van der Waals surface area contributed by atoms with Crippen molar-refractivity contribution < 1.29 is 14.0 Å². The van der Waals surface area contributed by atoms with E-state index in [1.54, 1.807) is 28.7 Å². The highest BCUT2D eigenvalue weighted by Crippen LogP contribution is 2.22. The summed E-state index contributed by atoms with van der Waals surface area (Å²) < 4.78 is 16.2. The third-order valence-electron chi connectivity index (χ3n) is 5.52.